The number of hydrogen-bond donors (Lipinski definition) is 1. The number of hydrogen-bond acceptors (Lipinski definition) is 4. The number of likely N-dealkylation sites (N-methyl/N-ethyl adjacent to an activating group) is 1. The van der Waals surface area contributed by atoms with Gasteiger partial charge in [0.2, 0.25) is 0 Å². The summed E-state index contributed by atoms with van der Waals surface area (Å²) in [6.45, 7) is 9.62. The lowest BCUT2D eigenvalue weighted by Gasteiger charge is -2.35. The topological polar surface area (TPSA) is 33.7 Å². The number of nitrogens with zero attached hydrogens (tertiary/aromatic N) is 1. The Morgan fingerprint density at radius 3 is 2.94 bits per heavy atom. The summed E-state index contributed by atoms with van der Waals surface area (Å²) in [5, 5.41) is 3.52. The van der Waals surface area contributed by atoms with E-state index in [1.54, 1.807) is 0 Å². The van der Waals surface area contributed by atoms with Gasteiger partial charge in [0, 0.05) is 19.7 Å². The summed E-state index contributed by atoms with van der Waals surface area (Å²) >= 11 is 0. The maximum atomic E-state index is 5.82. The fourth-order valence-corrected chi connectivity index (χ4v) is 1.93. The van der Waals surface area contributed by atoms with Gasteiger partial charge >= 0.3 is 0 Å². The van der Waals surface area contributed by atoms with Gasteiger partial charge in [-0.25, -0.2) is 0 Å². The Morgan fingerprint density at radius 1 is 1.50 bits per heavy atom. The monoisotopic (exact) mass is 230 g/mol. The minimum absolute atomic E-state index is 0.261. The fraction of sp³-hybridized carbons (Fsp3) is 1.00. The van der Waals surface area contributed by atoms with Crippen LogP contribution in [-0.2, 0) is 9.47 Å². The quantitative estimate of drug-likeness (QED) is 0.699. The second-order valence-electron chi connectivity index (χ2n) is 4.39. The summed E-state index contributed by atoms with van der Waals surface area (Å²) in [7, 11) is 2.15. The summed E-state index contributed by atoms with van der Waals surface area (Å²) < 4.78 is 11.3. The van der Waals surface area contributed by atoms with Crippen molar-refractivity contribution in [1.82, 2.24) is 10.2 Å². The molecule has 1 saturated heterocycles. The molecule has 96 valence electrons. The SMILES string of the molecule is CCCNC(COCC)C1CN(C)CCO1. The van der Waals surface area contributed by atoms with Crippen LogP contribution in [0.5, 0.6) is 0 Å². The van der Waals surface area contributed by atoms with Gasteiger partial charge in [-0.3, -0.25) is 0 Å². The van der Waals surface area contributed by atoms with Crippen molar-refractivity contribution >= 4 is 0 Å². The van der Waals surface area contributed by atoms with Gasteiger partial charge in [-0.05, 0) is 26.9 Å². The van der Waals surface area contributed by atoms with Crippen LogP contribution in [0.3, 0.4) is 0 Å². The largest absolute Gasteiger partial charge is 0.380 e. The van der Waals surface area contributed by atoms with Crippen LogP contribution in [0.15, 0.2) is 0 Å². The molecule has 1 N–H and O–H groups in total. The van der Waals surface area contributed by atoms with Gasteiger partial charge in [-0.1, -0.05) is 6.92 Å². The Morgan fingerprint density at radius 2 is 2.31 bits per heavy atom. The molecule has 1 heterocycles. The predicted molar refractivity (Wildman–Crippen MR) is 65.8 cm³/mol. The summed E-state index contributed by atoms with van der Waals surface area (Å²) in [5.74, 6) is 0. The zero-order chi connectivity index (χ0) is 11.8. The van der Waals surface area contributed by atoms with E-state index < -0.39 is 0 Å². The number of nitrogens with one attached hydrogen (secondary N) is 1. The molecule has 2 unspecified atom stereocenters. The molecule has 2 atom stereocenters. The van der Waals surface area contributed by atoms with Crippen LogP contribution in [0.2, 0.25) is 0 Å². The first-order valence-electron chi connectivity index (χ1n) is 6.39. The molecular formula is C12H26N2O2. The molecule has 0 bridgehead atoms. The van der Waals surface area contributed by atoms with Gasteiger partial charge in [-0.2, -0.15) is 0 Å². The van der Waals surface area contributed by atoms with Gasteiger partial charge < -0.3 is 19.7 Å². The van der Waals surface area contributed by atoms with E-state index in [0.29, 0.717) is 6.04 Å². The van der Waals surface area contributed by atoms with E-state index in [2.05, 4.69) is 24.2 Å². The first-order chi connectivity index (χ1) is 7.77. The van der Waals surface area contributed by atoms with Gasteiger partial charge in [0.05, 0.1) is 25.4 Å². The first kappa shape index (κ1) is 13.9. The standard InChI is InChI=1S/C12H26N2O2/c1-4-6-13-11(10-15-5-2)12-9-14(3)7-8-16-12/h11-13H,4-10H2,1-3H3. The minimum atomic E-state index is 0.261. The van der Waals surface area contributed by atoms with Crippen molar-refractivity contribution in [2.24, 2.45) is 0 Å². The van der Waals surface area contributed by atoms with Crippen LogP contribution in [-0.4, -0.2) is 63.5 Å². The van der Waals surface area contributed by atoms with Crippen molar-refractivity contribution in [2.45, 2.75) is 32.4 Å². The third kappa shape index (κ3) is 4.78. The second-order valence-corrected chi connectivity index (χ2v) is 4.39. The third-order valence-corrected chi connectivity index (χ3v) is 2.90. The Labute approximate surface area is 99.3 Å². The van der Waals surface area contributed by atoms with Crippen molar-refractivity contribution in [3.8, 4) is 0 Å². The first-order valence-corrected chi connectivity index (χ1v) is 6.39. The van der Waals surface area contributed by atoms with E-state index in [0.717, 1.165) is 45.9 Å². The normalized spacial score (nSPS) is 24.6. The Bertz CT molecular complexity index is 170. The smallest absolute Gasteiger partial charge is 0.0877 e. The second kappa shape index (κ2) is 8.01. The van der Waals surface area contributed by atoms with Crippen LogP contribution in [0.25, 0.3) is 0 Å². The highest BCUT2D eigenvalue weighted by atomic mass is 16.5. The van der Waals surface area contributed by atoms with Crippen LogP contribution in [0, 0.1) is 0 Å². The highest BCUT2D eigenvalue weighted by molar-refractivity contribution is 4.82. The van der Waals surface area contributed by atoms with Crippen LogP contribution in [0.1, 0.15) is 20.3 Å². The van der Waals surface area contributed by atoms with Gasteiger partial charge in [0.1, 0.15) is 0 Å². The molecule has 16 heavy (non-hydrogen) atoms. The lowest BCUT2D eigenvalue weighted by Crippen LogP contribution is -2.53. The van der Waals surface area contributed by atoms with Gasteiger partial charge in [-0.15, -0.1) is 0 Å². The van der Waals surface area contributed by atoms with Crippen molar-refractivity contribution in [1.29, 1.82) is 0 Å². The van der Waals surface area contributed by atoms with E-state index in [1.807, 2.05) is 6.92 Å². The molecule has 0 aromatic heterocycles. The summed E-state index contributed by atoms with van der Waals surface area (Å²) in [6, 6.07) is 0.322. The lowest BCUT2D eigenvalue weighted by molar-refractivity contribution is -0.0541. The number of rotatable bonds is 7. The molecule has 0 saturated carbocycles. The van der Waals surface area contributed by atoms with E-state index in [4.69, 9.17) is 9.47 Å². The molecule has 0 spiro atoms. The maximum Gasteiger partial charge on any atom is 0.0877 e. The van der Waals surface area contributed by atoms with Gasteiger partial charge in [0.25, 0.3) is 0 Å². The van der Waals surface area contributed by atoms with E-state index in [1.165, 1.54) is 0 Å². The highest BCUT2D eigenvalue weighted by Gasteiger charge is 2.26. The molecule has 4 heteroatoms. The molecule has 0 radical (unpaired) electrons. The molecule has 1 fully saturated rings. The van der Waals surface area contributed by atoms with E-state index >= 15 is 0 Å². The summed E-state index contributed by atoms with van der Waals surface area (Å²) in [5.41, 5.74) is 0. The summed E-state index contributed by atoms with van der Waals surface area (Å²) in [6.07, 6.45) is 1.41. The number of morpholine rings is 1. The van der Waals surface area contributed by atoms with Crippen molar-refractivity contribution < 1.29 is 9.47 Å². The molecule has 0 aliphatic carbocycles. The molecular weight excluding hydrogens is 204 g/mol. The van der Waals surface area contributed by atoms with Gasteiger partial charge in [0.15, 0.2) is 0 Å². The molecule has 0 aromatic carbocycles. The highest BCUT2D eigenvalue weighted by Crippen LogP contribution is 2.08. The zero-order valence-corrected chi connectivity index (χ0v) is 10.9. The van der Waals surface area contributed by atoms with Crippen molar-refractivity contribution in [2.75, 3.05) is 46.5 Å². The molecule has 0 aromatic rings. The number of ether oxygens (including phenoxy) is 2. The van der Waals surface area contributed by atoms with E-state index in [-0.39, 0.29) is 6.10 Å². The molecule has 1 rings (SSSR count). The molecule has 0 amide bonds. The Kier molecular flexibility index (Phi) is 6.96. The Balaban J connectivity index is 2.38. The Hall–Kier alpha value is -0.160. The third-order valence-electron chi connectivity index (χ3n) is 2.90. The van der Waals surface area contributed by atoms with Crippen LogP contribution in [0.4, 0.5) is 0 Å². The molecule has 4 nitrogen and oxygen atoms in total. The fourth-order valence-electron chi connectivity index (χ4n) is 1.93. The minimum Gasteiger partial charge on any atom is -0.380 e. The van der Waals surface area contributed by atoms with Crippen LogP contribution >= 0.6 is 0 Å². The predicted octanol–water partition coefficient (Wildman–Crippen LogP) is 0.722. The molecule has 1 aliphatic rings. The van der Waals surface area contributed by atoms with E-state index in [9.17, 15) is 0 Å². The average molecular weight is 230 g/mol. The lowest BCUT2D eigenvalue weighted by atomic mass is 10.1. The average Bonchev–Trinajstić information content (AvgIpc) is 2.29. The molecule has 1 aliphatic heterocycles. The van der Waals surface area contributed by atoms with Crippen molar-refractivity contribution in [3.05, 3.63) is 0 Å². The van der Waals surface area contributed by atoms with Crippen molar-refractivity contribution in [3.63, 3.8) is 0 Å². The summed E-state index contributed by atoms with van der Waals surface area (Å²) in [4.78, 5) is 2.32. The van der Waals surface area contributed by atoms with Crippen LogP contribution < -0.4 is 5.32 Å². The zero-order valence-electron chi connectivity index (χ0n) is 10.9. The maximum absolute atomic E-state index is 5.82.